The van der Waals surface area contributed by atoms with E-state index in [-0.39, 0.29) is 36.9 Å². The molecule has 4 N–H and O–H groups in total. The number of amides is 5. The summed E-state index contributed by atoms with van der Waals surface area (Å²) in [5.41, 5.74) is 0.453. The largest absolute Gasteiger partial charge is 0.386 e. The summed E-state index contributed by atoms with van der Waals surface area (Å²) in [6.07, 6.45) is 3.69. The zero-order valence-electron chi connectivity index (χ0n) is 29.1. The van der Waals surface area contributed by atoms with Crippen molar-refractivity contribution in [3.8, 4) is 0 Å². The van der Waals surface area contributed by atoms with Gasteiger partial charge in [-0.3, -0.25) is 28.8 Å². The first-order valence-corrected chi connectivity index (χ1v) is 17.8. The van der Waals surface area contributed by atoms with E-state index in [1.807, 2.05) is 29.2 Å². The van der Waals surface area contributed by atoms with Gasteiger partial charge in [-0.1, -0.05) is 44.0 Å². The molecule has 13 heteroatoms. The number of aryl methyl sites for hydroxylation is 1. The SMILES string of the molecule is CC[C@]1(C)NC(=O)[C@H](CCCCCC(=O)[C@@H](C)O)NC(=O)[C@H]2CCCN2C(=O)[C@H](Cc2ccc(CCC(=O)N3CCOCC3)cc2)NC1=O. The number of unbranched alkanes of at least 4 members (excludes halogenated alkanes) is 2. The van der Waals surface area contributed by atoms with Crippen LogP contribution in [-0.4, -0.2) is 113 Å². The van der Waals surface area contributed by atoms with Gasteiger partial charge in [0, 0.05) is 38.9 Å². The average molecular weight is 684 g/mol. The zero-order chi connectivity index (χ0) is 35.6. The van der Waals surface area contributed by atoms with Gasteiger partial charge >= 0.3 is 0 Å². The summed E-state index contributed by atoms with van der Waals surface area (Å²) in [7, 11) is 0. The number of fused-ring (bicyclic) bond motifs is 1. The van der Waals surface area contributed by atoms with Gasteiger partial charge in [-0.25, -0.2) is 0 Å². The van der Waals surface area contributed by atoms with Crippen LogP contribution in [0.3, 0.4) is 0 Å². The van der Waals surface area contributed by atoms with Crippen molar-refractivity contribution < 1.29 is 38.6 Å². The molecule has 0 saturated carbocycles. The number of Topliss-reactive ketones (excluding diaryl/α,β-unsaturated/α-hetero) is 1. The molecule has 3 saturated heterocycles. The lowest BCUT2D eigenvalue weighted by atomic mass is 9.94. The minimum absolute atomic E-state index is 0.0946. The molecule has 0 unspecified atom stereocenters. The maximum absolute atomic E-state index is 14.1. The number of rotatable bonds is 13. The zero-order valence-corrected chi connectivity index (χ0v) is 29.1. The van der Waals surface area contributed by atoms with Crippen LogP contribution in [-0.2, 0) is 46.3 Å². The van der Waals surface area contributed by atoms with Crippen LogP contribution in [0, 0.1) is 0 Å². The Labute approximate surface area is 288 Å². The number of hydrogen-bond acceptors (Lipinski definition) is 8. The van der Waals surface area contributed by atoms with E-state index in [4.69, 9.17) is 4.74 Å². The highest BCUT2D eigenvalue weighted by Gasteiger charge is 2.43. The average Bonchev–Trinajstić information content (AvgIpc) is 3.60. The van der Waals surface area contributed by atoms with Crippen LogP contribution in [0.1, 0.15) is 89.7 Å². The Bertz CT molecular complexity index is 1350. The number of ether oxygens (including phenoxy) is 1. The highest BCUT2D eigenvalue weighted by Crippen LogP contribution is 2.23. The molecule has 0 radical (unpaired) electrons. The number of nitrogens with one attached hydrogen (secondary N) is 3. The number of morpholine rings is 1. The molecular formula is C36H53N5O8. The Morgan fingerprint density at radius 2 is 1.63 bits per heavy atom. The second kappa shape index (κ2) is 17.7. The van der Waals surface area contributed by atoms with Crippen molar-refractivity contribution in [2.24, 2.45) is 0 Å². The summed E-state index contributed by atoms with van der Waals surface area (Å²) in [6.45, 7) is 7.51. The number of aliphatic hydroxyl groups excluding tert-OH is 1. The van der Waals surface area contributed by atoms with Crippen molar-refractivity contribution in [1.29, 1.82) is 0 Å². The molecule has 3 aliphatic heterocycles. The Morgan fingerprint density at radius 3 is 2.31 bits per heavy atom. The Morgan fingerprint density at radius 1 is 0.939 bits per heavy atom. The topological polar surface area (TPSA) is 174 Å². The molecule has 0 spiro atoms. The van der Waals surface area contributed by atoms with Crippen LogP contribution in [0.25, 0.3) is 0 Å². The number of aliphatic hydroxyl groups is 1. The third-order valence-electron chi connectivity index (χ3n) is 10.0. The summed E-state index contributed by atoms with van der Waals surface area (Å²) in [5.74, 6) is -1.87. The van der Waals surface area contributed by atoms with Gasteiger partial charge in [0.05, 0.1) is 13.2 Å². The fourth-order valence-corrected chi connectivity index (χ4v) is 6.56. The Balaban J connectivity index is 1.45. The van der Waals surface area contributed by atoms with E-state index in [0.717, 1.165) is 11.1 Å². The molecule has 270 valence electrons. The number of nitrogens with zero attached hydrogens (tertiary/aromatic N) is 2. The van der Waals surface area contributed by atoms with Crippen LogP contribution in [0.15, 0.2) is 24.3 Å². The third-order valence-corrected chi connectivity index (χ3v) is 10.0. The van der Waals surface area contributed by atoms with E-state index in [9.17, 15) is 33.9 Å². The minimum atomic E-state index is -1.34. The van der Waals surface area contributed by atoms with Crippen molar-refractivity contribution in [2.75, 3.05) is 32.8 Å². The van der Waals surface area contributed by atoms with Crippen LogP contribution >= 0.6 is 0 Å². The van der Waals surface area contributed by atoms with Gasteiger partial charge in [0.25, 0.3) is 0 Å². The van der Waals surface area contributed by atoms with Crippen molar-refractivity contribution in [2.45, 2.75) is 121 Å². The highest BCUT2D eigenvalue weighted by molar-refractivity contribution is 5.99. The number of carbonyl (C=O) groups is 6. The maximum atomic E-state index is 14.1. The lowest BCUT2D eigenvalue weighted by molar-refractivity contribution is -0.144. The molecule has 0 aliphatic carbocycles. The molecule has 3 fully saturated rings. The molecule has 1 aromatic rings. The molecule has 1 aromatic carbocycles. The van der Waals surface area contributed by atoms with E-state index < -0.39 is 47.5 Å². The monoisotopic (exact) mass is 683 g/mol. The number of benzene rings is 1. The van der Waals surface area contributed by atoms with Crippen LogP contribution in [0.5, 0.6) is 0 Å². The second-order valence-electron chi connectivity index (χ2n) is 13.7. The molecule has 5 amide bonds. The molecule has 3 heterocycles. The molecule has 5 atom stereocenters. The standard InChI is InChI=1S/C36H53N5O8/c1-4-36(3)35(48)38-28(23-26-14-12-25(13-15-26)16-17-31(44)40-19-21-49-22-20-40)34(47)41-18-8-10-29(41)33(46)37-27(32(45)39-36)9-6-5-7-11-30(43)24(2)42/h12-15,24,27-29,42H,4-11,16-23H2,1-3H3,(H,37,46)(H,38,48)(H,39,45)/t24-,27+,28+,29-,36+/m1/s1. The van der Waals surface area contributed by atoms with Crippen LogP contribution in [0.2, 0.25) is 0 Å². The van der Waals surface area contributed by atoms with Gasteiger partial charge in [0.1, 0.15) is 29.8 Å². The van der Waals surface area contributed by atoms with Crippen molar-refractivity contribution in [3.05, 3.63) is 35.4 Å². The van der Waals surface area contributed by atoms with Gasteiger partial charge in [-0.15, -0.1) is 0 Å². The number of hydrogen-bond donors (Lipinski definition) is 4. The van der Waals surface area contributed by atoms with Gasteiger partial charge in [0.2, 0.25) is 29.5 Å². The van der Waals surface area contributed by atoms with Crippen molar-refractivity contribution in [3.63, 3.8) is 0 Å². The van der Waals surface area contributed by atoms with Gasteiger partial charge in [-0.05, 0) is 63.5 Å². The molecule has 13 nitrogen and oxygen atoms in total. The second-order valence-corrected chi connectivity index (χ2v) is 13.7. The molecule has 49 heavy (non-hydrogen) atoms. The maximum Gasteiger partial charge on any atom is 0.246 e. The van der Waals surface area contributed by atoms with E-state index in [2.05, 4.69) is 16.0 Å². The molecule has 0 aromatic heterocycles. The van der Waals surface area contributed by atoms with Crippen LogP contribution in [0.4, 0.5) is 0 Å². The summed E-state index contributed by atoms with van der Waals surface area (Å²) >= 11 is 0. The van der Waals surface area contributed by atoms with Crippen molar-refractivity contribution in [1.82, 2.24) is 25.8 Å². The van der Waals surface area contributed by atoms with E-state index >= 15 is 0 Å². The fourth-order valence-electron chi connectivity index (χ4n) is 6.56. The van der Waals surface area contributed by atoms with E-state index in [1.54, 1.807) is 13.8 Å². The number of ketones is 1. The van der Waals surface area contributed by atoms with Gasteiger partial charge in [0.15, 0.2) is 5.78 Å². The predicted molar refractivity (Wildman–Crippen MR) is 181 cm³/mol. The smallest absolute Gasteiger partial charge is 0.246 e. The Hall–Kier alpha value is -3.84. The minimum Gasteiger partial charge on any atom is -0.386 e. The summed E-state index contributed by atoms with van der Waals surface area (Å²) in [6, 6.07) is 4.99. The lowest BCUT2D eigenvalue weighted by Gasteiger charge is -2.36. The first kappa shape index (κ1) is 38.0. The normalized spacial score (nSPS) is 25.8. The third kappa shape index (κ3) is 10.3. The lowest BCUT2D eigenvalue weighted by Crippen LogP contribution is -2.65. The van der Waals surface area contributed by atoms with Gasteiger partial charge < -0.3 is 35.6 Å². The summed E-state index contributed by atoms with van der Waals surface area (Å²) in [5, 5.41) is 18.1. The first-order chi connectivity index (χ1) is 23.4. The van der Waals surface area contributed by atoms with Crippen molar-refractivity contribution >= 4 is 35.3 Å². The summed E-state index contributed by atoms with van der Waals surface area (Å²) in [4.78, 5) is 82.8. The first-order valence-electron chi connectivity index (χ1n) is 17.8. The van der Waals surface area contributed by atoms with E-state index in [0.29, 0.717) is 84.2 Å². The Kier molecular flexibility index (Phi) is 13.7. The fraction of sp³-hybridized carbons (Fsp3) is 0.667. The predicted octanol–water partition coefficient (Wildman–Crippen LogP) is 1.18. The molecular weight excluding hydrogens is 630 g/mol. The molecule has 4 rings (SSSR count). The molecule has 0 bridgehead atoms. The van der Waals surface area contributed by atoms with Crippen LogP contribution < -0.4 is 16.0 Å². The summed E-state index contributed by atoms with van der Waals surface area (Å²) < 4.78 is 5.33. The molecule has 3 aliphatic rings. The number of carbonyl (C=O) groups excluding carboxylic acids is 6. The van der Waals surface area contributed by atoms with E-state index in [1.165, 1.54) is 11.8 Å². The quantitative estimate of drug-likeness (QED) is 0.224. The van der Waals surface area contributed by atoms with Gasteiger partial charge in [-0.2, -0.15) is 0 Å². The highest BCUT2D eigenvalue weighted by atomic mass is 16.5.